The van der Waals surface area contributed by atoms with Crippen LogP contribution in [0.15, 0.2) is 29.1 Å². The van der Waals surface area contributed by atoms with E-state index >= 15 is 0 Å². The number of nitrogens with one attached hydrogen (secondary N) is 1. The third kappa shape index (κ3) is 4.73. The Hall–Kier alpha value is -2.25. The molecule has 0 atom stereocenters. The maximum Gasteiger partial charge on any atom is 0.272 e. The smallest absolute Gasteiger partial charge is 0.272 e. The highest BCUT2D eigenvalue weighted by Crippen LogP contribution is 2.19. The maximum atomic E-state index is 13.2. The molecule has 1 N–H and O–H groups in total. The number of aromatic amines is 1. The number of likely N-dealkylation sites (N-methyl/N-ethyl adjacent to an activating group) is 1. The summed E-state index contributed by atoms with van der Waals surface area (Å²) in [7, 11) is 6.17. The summed E-state index contributed by atoms with van der Waals surface area (Å²) in [6.07, 6.45) is 2.20. The minimum Gasteiger partial charge on any atom is -0.338 e. The number of hydrogen-bond acceptors (Lipinski definition) is 5. The lowest BCUT2D eigenvalue weighted by atomic mass is 10.0. The Kier molecular flexibility index (Phi) is 6.23. The van der Waals surface area contributed by atoms with Gasteiger partial charge in [0.05, 0.1) is 17.5 Å². The Morgan fingerprint density at radius 2 is 1.85 bits per heavy atom. The molecule has 1 aliphatic rings. The third-order valence-electron chi connectivity index (χ3n) is 5.33. The number of carbonyl (C=O) groups excluding carboxylic acids is 1. The van der Waals surface area contributed by atoms with E-state index in [1.165, 1.54) is 0 Å². The molecule has 0 saturated carbocycles. The van der Waals surface area contributed by atoms with Gasteiger partial charge in [0, 0.05) is 24.5 Å². The number of piperidine rings is 1. The van der Waals surface area contributed by atoms with Crippen molar-refractivity contribution in [1.29, 1.82) is 0 Å². The standard InChI is InChI=1S/C20H29N5O2/c1-23(2)12-13-25(15-8-10-24(3)11-9-15)19(26)14-18-16-6-4-5-7-17(16)20(27)22-21-18/h4-7,15H,8-14H2,1-3H3,(H,22,27). The van der Waals surface area contributed by atoms with Gasteiger partial charge in [0.1, 0.15) is 0 Å². The summed E-state index contributed by atoms with van der Waals surface area (Å²) < 4.78 is 0. The number of amides is 1. The number of fused-ring (bicyclic) bond motifs is 1. The fraction of sp³-hybridized carbons (Fsp3) is 0.550. The Balaban J connectivity index is 1.82. The molecule has 27 heavy (non-hydrogen) atoms. The van der Waals surface area contributed by atoms with E-state index in [9.17, 15) is 9.59 Å². The Morgan fingerprint density at radius 1 is 1.19 bits per heavy atom. The van der Waals surface area contributed by atoms with Crippen molar-refractivity contribution in [2.75, 3.05) is 47.3 Å². The average molecular weight is 371 g/mol. The van der Waals surface area contributed by atoms with Crippen molar-refractivity contribution in [2.45, 2.75) is 25.3 Å². The first-order valence-corrected chi connectivity index (χ1v) is 9.54. The van der Waals surface area contributed by atoms with Crippen LogP contribution in [0.1, 0.15) is 18.5 Å². The van der Waals surface area contributed by atoms with Crippen molar-refractivity contribution >= 4 is 16.7 Å². The van der Waals surface area contributed by atoms with Crippen LogP contribution in [0.5, 0.6) is 0 Å². The molecule has 7 heteroatoms. The maximum absolute atomic E-state index is 13.2. The first-order valence-electron chi connectivity index (χ1n) is 9.54. The molecule has 0 radical (unpaired) electrons. The lowest BCUT2D eigenvalue weighted by molar-refractivity contribution is -0.134. The van der Waals surface area contributed by atoms with Crippen LogP contribution in [0, 0.1) is 0 Å². The van der Waals surface area contributed by atoms with Gasteiger partial charge in [-0.25, -0.2) is 5.10 Å². The lowest BCUT2D eigenvalue weighted by Gasteiger charge is -2.38. The van der Waals surface area contributed by atoms with Crippen LogP contribution in [-0.2, 0) is 11.2 Å². The van der Waals surface area contributed by atoms with Crippen LogP contribution in [0.2, 0.25) is 0 Å². The van der Waals surface area contributed by atoms with E-state index in [-0.39, 0.29) is 23.9 Å². The highest BCUT2D eigenvalue weighted by molar-refractivity contribution is 5.88. The second kappa shape index (κ2) is 8.63. The van der Waals surface area contributed by atoms with Crippen molar-refractivity contribution in [1.82, 2.24) is 24.9 Å². The molecule has 0 unspecified atom stereocenters. The fourth-order valence-electron chi connectivity index (χ4n) is 3.68. The summed E-state index contributed by atoms with van der Waals surface area (Å²) in [5.41, 5.74) is 0.416. The minimum atomic E-state index is -0.221. The van der Waals surface area contributed by atoms with Crippen molar-refractivity contribution in [2.24, 2.45) is 0 Å². The summed E-state index contributed by atoms with van der Waals surface area (Å²) in [6, 6.07) is 7.59. The normalized spacial score (nSPS) is 16.1. The summed E-state index contributed by atoms with van der Waals surface area (Å²) in [4.78, 5) is 31.6. The summed E-state index contributed by atoms with van der Waals surface area (Å²) >= 11 is 0. The molecule has 1 amide bonds. The van der Waals surface area contributed by atoms with Crippen molar-refractivity contribution in [3.05, 3.63) is 40.3 Å². The van der Waals surface area contributed by atoms with E-state index in [1.54, 1.807) is 6.07 Å². The molecule has 7 nitrogen and oxygen atoms in total. The quantitative estimate of drug-likeness (QED) is 0.819. The minimum absolute atomic E-state index is 0.0797. The van der Waals surface area contributed by atoms with Gasteiger partial charge in [-0.15, -0.1) is 0 Å². The van der Waals surface area contributed by atoms with Crippen LogP contribution < -0.4 is 5.56 Å². The van der Waals surface area contributed by atoms with E-state index in [0.717, 1.165) is 37.9 Å². The van der Waals surface area contributed by atoms with Gasteiger partial charge in [-0.05, 0) is 53.1 Å². The van der Waals surface area contributed by atoms with Gasteiger partial charge >= 0.3 is 0 Å². The number of nitrogens with zero attached hydrogens (tertiary/aromatic N) is 4. The van der Waals surface area contributed by atoms with Crippen molar-refractivity contribution in [3.8, 4) is 0 Å². The Bertz CT molecular complexity index is 840. The number of H-pyrrole nitrogens is 1. The molecule has 2 aromatic rings. The molecule has 3 rings (SSSR count). The van der Waals surface area contributed by atoms with E-state index in [2.05, 4.69) is 27.0 Å². The van der Waals surface area contributed by atoms with Gasteiger partial charge in [0.15, 0.2) is 0 Å². The van der Waals surface area contributed by atoms with E-state index in [4.69, 9.17) is 0 Å². The van der Waals surface area contributed by atoms with Gasteiger partial charge in [0.25, 0.3) is 5.56 Å². The zero-order valence-electron chi connectivity index (χ0n) is 16.4. The molecule has 1 aromatic carbocycles. The number of likely N-dealkylation sites (tertiary alicyclic amines) is 1. The van der Waals surface area contributed by atoms with Gasteiger partial charge in [-0.1, -0.05) is 18.2 Å². The fourth-order valence-corrected chi connectivity index (χ4v) is 3.68. The number of hydrogen-bond donors (Lipinski definition) is 1. The van der Waals surface area contributed by atoms with Gasteiger partial charge < -0.3 is 14.7 Å². The summed E-state index contributed by atoms with van der Waals surface area (Å²) in [5.74, 6) is 0.0797. The van der Waals surface area contributed by atoms with Gasteiger partial charge in [-0.2, -0.15) is 5.10 Å². The highest BCUT2D eigenvalue weighted by atomic mass is 16.2. The average Bonchev–Trinajstić information content (AvgIpc) is 2.65. The van der Waals surface area contributed by atoms with Crippen LogP contribution in [0.25, 0.3) is 10.8 Å². The summed E-state index contributed by atoms with van der Waals surface area (Å²) in [5, 5.41) is 8.04. The first-order chi connectivity index (χ1) is 13.0. The van der Waals surface area contributed by atoms with Crippen LogP contribution in [0.4, 0.5) is 0 Å². The van der Waals surface area contributed by atoms with Crippen molar-refractivity contribution < 1.29 is 4.79 Å². The molecular weight excluding hydrogens is 342 g/mol. The molecule has 0 bridgehead atoms. The Morgan fingerprint density at radius 3 is 2.52 bits per heavy atom. The van der Waals surface area contributed by atoms with Gasteiger partial charge in [-0.3, -0.25) is 9.59 Å². The summed E-state index contributed by atoms with van der Waals surface area (Å²) in [6.45, 7) is 3.56. The number of benzene rings is 1. The highest BCUT2D eigenvalue weighted by Gasteiger charge is 2.27. The van der Waals surface area contributed by atoms with Crippen LogP contribution >= 0.6 is 0 Å². The van der Waals surface area contributed by atoms with Crippen LogP contribution in [-0.4, -0.2) is 84.2 Å². The molecule has 1 aromatic heterocycles. The lowest BCUT2D eigenvalue weighted by Crippen LogP contribution is -2.49. The third-order valence-corrected chi connectivity index (χ3v) is 5.33. The second-order valence-corrected chi connectivity index (χ2v) is 7.65. The van der Waals surface area contributed by atoms with Crippen molar-refractivity contribution in [3.63, 3.8) is 0 Å². The monoisotopic (exact) mass is 371 g/mol. The number of aromatic nitrogens is 2. The zero-order chi connectivity index (χ0) is 19.4. The predicted octanol–water partition coefficient (Wildman–Crippen LogP) is 0.950. The molecular formula is C20H29N5O2. The zero-order valence-corrected chi connectivity index (χ0v) is 16.4. The topological polar surface area (TPSA) is 72.5 Å². The number of carbonyl (C=O) groups is 1. The van der Waals surface area contributed by atoms with E-state index in [0.29, 0.717) is 17.6 Å². The molecule has 1 fully saturated rings. The van der Waals surface area contributed by atoms with Gasteiger partial charge in [0.2, 0.25) is 5.91 Å². The Labute approximate surface area is 159 Å². The van der Waals surface area contributed by atoms with E-state index in [1.807, 2.05) is 37.2 Å². The molecule has 1 saturated heterocycles. The SMILES string of the molecule is CN(C)CCN(C(=O)Cc1n[nH]c(=O)c2ccccc12)C1CCN(C)CC1. The molecule has 0 aliphatic carbocycles. The van der Waals surface area contributed by atoms with Crippen LogP contribution in [0.3, 0.4) is 0 Å². The predicted molar refractivity (Wildman–Crippen MR) is 107 cm³/mol. The second-order valence-electron chi connectivity index (χ2n) is 7.65. The number of rotatable bonds is 6. The molecule has 0 spiro atoms. The van der Waals surface area contributed by atoms with E-state index < -0.39 is 0 Å². The molecule has 2 heterocycles. The first kappa shape index (κ1) is 19.5. The molecule has 1 aliphatic heterocycles. The molecule has 146 valence electrons. The largest absolute Gasteiger partial charge is 0.338 e.